The Bertz CT molecular complexity index is 858. The number of rotatable bonds is 3. The van der Waals surface area contributed by atoms with Gasteiger partial charge in [0, 0.05) is 12.3 Å². The van der Waals surface area contributed by atoms with Gasteiger partial charge >= 0.3 is 0 Å². The number of hydrogen-bond acceptors (Lipinski definition) is 2. The van der Waals surface area contributed by atoms with Crippen LogP contribution in [-0.2, 0) is 10.4 Å². The molecular formula is C23H20O2. The molecule has 1 aliphatic rings. The Hall–Kier alpha value is -2.71. The van der Waals surface area contributed by atoms with Crippen molar-refractivity contribution in [1.82, 2.24) is 0 Å². The summed E-state index contributed by atoms with van der Waals surface area (Å²) in [7, 11) is 0. The monoisotopic (exact) mass is 328 g/mol. The van der Waals surface area contributed by atoms with Crippen LogP contribution < -0.4 is 0 Å². The van der Waals surface area contributed by atoms with E-state index in [0.29, 0.717) is 0 Å². The van der Waals surface area contributed by atoms with Crippen LogP contribution in [-0.4, -0.2) is 10.9 Å². The summed E-state index contributed by atoms with van der Waals surface area (Å²) in [6, 6.07) is 29.3. The second kappa shape index (κ2) is 6.30. The zero-order chi connectivity index (χ0) is 17.3. The average Bonchev–Trinajstić information content (AvgIpc) is 2.95. The third-order valence-electron chi connectivity index (χ3n) is 5.23. The van der Waals surface area contributed by atoms with Crippen LogP contribution in [0.1, 0.15) is 34.9 Å². The van der Waals surface area contributed by atoms with Crippen molar-refractivity contribution in [2.75, 3.05) is 0 Å². The quantitative estimate of drug-likeness (QED) is 0.773. The fourth-order valence-corrected chi connectivity index (χ4v) is 4.12. The third-order valence-corrected chi connectivity index (χ3v) is 5.23. The predicted molar refractivity (Wildman–Crippen MR) is 98.3 cm³/mol. The van der Waals surface area contributed by atoms with Crippen molar-refractivity contribution >= 4 is 5.78 Å². The molecule has 0 spiro atoms. The Labute approximate surface area is 147 Å². The van der Waals surface area contributed by atoms with Gasteiger partial charge in [-0.05, 0) is 16.7 Å². The van der Waals surface area contributed by atoms with E-state index in [9.17, 15) is 9.90 Å². The highest BCUT2D eigenvalue weighted by Gasteiger charge is 2.54. The fraction of sp³-hybridized carbons (Fsp3) is 0.174. The van der Waals surface area contributed by atoms with Crippen LogP contribution in [0, 0.1) is 0 Å². The SMILES string of the molecule is O=C1C[C@](O)(c2ccccc2)[C@@H](c2ccccc2)[C@H]1c1ccccc1. The van der Waals surface area contributed by atoms with Gasteiger partial charge in [-0.15, -0.1) is 0 Å². The zero-order valence-corrected chi connectivity index (χ0v) is 13.9. The van der Waals surface area contributed by atoms with E-state index in [2.05, 4.69) is 0 Å². The molecule has 0 aliphatic heterocycles. The van der Waals surface area contributed by atoms with E-state index in [0.717, 1.165) is 16.7 Å². The molecule has 3 aromatic carbocycles. The van der Waals surface area contributed by atoms with Crippen molar-refractivity contribution in [3.8, 4) is 0 Å². The van der Waals surface area contributed by atoms with Crippen LogP contribution in [0.25, 0.3) is 0 Å². The highest BCUT2D eigenvalue weighted by atomic mass is 16.3. The van der Waals surface area contributed by atoms with Crippen molar-refractivity contribution in [2.45, 2.75) is 23.9 Å². The van der Waals surface area contributed by atoms with Gasteiger partial charge in [0.2, 0.25) is 0 Å². The van der Waals surface area contributed by atoms with E-state index in [4.69, 9.17) is 0 Å². The number of benzene rings is 3. The number of carbonyl (C=O) groups is 1. The summed E-state index contributed by atoms with van der Waals surface area (Å²) in [5.41, 5.74) is 1.57. The van der Waals surface area contributed by atoms with Gasteiger partial charge in [0.1, 0.15) is 11.4 Å². The van der Waals surface area contributed by atoms with E-state index in [1.54, 1.807) is 0 Å². The second-order valence-electron chi connectivity index (χ2n) is 6.71. The lowest BCUT2D eigenvalue weighted by Crippen LogP contribution is -2.30. The molecule has 4 rings (SSSR count). The smallest absolute Gasteiger partial charge is 0.144 e. The highest BCUT2D eigenvalue weighted by Crippen LogP contribution is 2.54. The standard InChI is InChI=1S/C23H20O2/c24-20-16-23(25,19-14-8-3-9-15-19)22(18-12-6-2-7-13-18)21(20)17-10-4-1-5-11-17/h1-15,21-22,25H,16H2/t21-,22-,23-/m0/s1. The van der Waals surface area contributed by atoms with Crippen molar-refractivity contribution in [2.24, 2.45) is 0 Å². The molecule has 2 nitrogen and oxygen atoms in total. The van der Waals surface area contributed by atoms with Gasteiger partial charge < -0.3 is 5.11 Å². The molecule has 1 fully saturated rings. The van der Waals surface area contributed by atoms with Gasteiger partial charge in [0.15, 0.2) is 0 Å². The van der Waals surface area contributed by atoms with Crippen molar-refractivity contribution in [3.05, 3.63) is 108 Å². The van der Waals surface area contributed by atoms with Gasteiger partial charge in [-0.1, -0.05) is 91.0 Å². The minimum absolute atomic E-state index is 0.0893. The number of Topliss-reactive ketones (excluding diaryl/α,β-unsaturated/α-hetero) is 1. The third kappa shape index (κ3) is 2.69. The van der Waals surface area contributed by atoms with Crippen LogP contribution in [0.5, 0.6) is 0 Å². The van der Waals surface area contributed by atoms with E-state index >= 15 is 0 Å². The molecular weight excluding hydrogens is 308 g/mol. The summed E-state index contributed by atoms with van der Waals surface area (Å²) in [6.45, 7) is 0. The second-order valence-corrected chi connectivity index (χ2v) is 6.71. The molecule has 25 heavy (non-hydrogen) atoms. The van der Waals surface area contributed by atoms with Gasteiger partial charge in [-0.25, -0.2) is 0 Å². The average molecular weight is 328 g/mol. The number of carbonyl (C=O) groups excluding carboxylic acids is 1. The molecule has 0 saturated heterocycles. The molecule has 0 unspecified atom stereocenters. The summed E-state index contributed by atoms with van der Waals surface area (Å²) < 4.78 is 0. The zero-order valence-electron chi connectivity index (χ0n) is 13.9. The maximum Gasteiger partial charge on any atom is 0.144 e. The van der Waals surface area contributed by atoms with Crippen molar-refractivity contribution in [3.63, 3.8) is 0 Å². The summed E-state index contributed by atoms with van der Waals surface area (Å²) in [5, 5.41) is 11.7. The van der Waals surface area contributed by atoms with E-state index in [1.165, 1.54) is 0 Å². The highest BCUT2D eigenvalue weighted by molar-refractivity contribution is 5.91. The lowest BCUT2D eigenvalue weighted by molar-refractivity contribution is -0.119. The van der Waals surface area contributed by atoms with Gasteiger partial charge in [0.25, 0.3) is 0 Å². The van der Waals surface area contributed by atoms with E-state index in [1.807, 2.05) is 91.0 Å². The van der Waals surface area contributed by atoms with Gasteiger partial charge in [-0.3, -0.25) is 4.79 Å². The van der Waals surface area contributed by atoms with Crippen LogP contribution in [0.15, 0.2) is 91.0 Å². The van der Waals surface area contributed by atoms with Crippen LogP contribution in [0.2, 0.25) is 0 Å². The number of aliphatic hydroxyl groups is 1. The minimum Gasteiger partial charge on any atom is -0.384 e. The Morgan fingerprint density at radius 1 is 0.720 bits per heavy atom. The summed E-state index contributed by atoms with van der Waals surface area (Å²) in [5.74, 6) is -0.550. The number of ketones is 1. The first-order chi connectivity index (χ1) is 12.2. The Morgan fingerprint density at radius 2 is 1.20 bits per heavy atom. The molecule has 3 aromatic rings. The molecule has 1 N–H and O–H groups in total. The molecule has 0 amide bonds. The lowest BCUT2D eigenvalue weighted by Gasteiger charge is -2.33. The molecule has 0 aromatic heterocycles. The normalized spacial score (nSPS) is 25.9. The number of hydrogen-bond donors (Lipinski definition) is 1. The van der Waals surface area contributed by atoms with Crippen LogP contribution in [0.3, 0.4) is 0 Å². The van der Waals surface area contributed by atoms with E-state index < -0.39 is 5.60 Å². The van der Waals surface area contributed by atoms with Gasteiger partial charge in [-0.2, -0.15) is 0 Å². The Morgan fingerprint density at radius 3 is 1.76 bits per heavy atom. The predicted octanol–water partition coefficient (Wildman–Crippen LogP) is 4.41. The maximum atomic E-state index is 13.0. The fourth-order valence-electron chi connectivity index (χ4n) is 4.12. The van der Waals surface area contributed by atoms with Crippen molar-refractivity contribution < 1.29 is 9.90 Å². The van der Waals surface area contributed by atoms with Crippen LogP contribution >= 0.6 is 0 Å². The molecule has 3 atom stereocenters. The first kappa shape index (κ1) is 15.8. The van der Waals surface area contributed by atoms with Gasteiger partial charge in [0.05, 0.1) is 5.92 Å². The molecule has 0 radical (unpaired) electrons. The summed E-state index contributed by atoms with van der Waals surface area (Å²) in [6.07, 6.45) is 0.135. The topological polar surface area (TPSA) is 37.3 Å². The molecule has 0 bridgehead atoms. The first-order valence-corrected chi connectivity index (χ1v) is 8.60. The minimum atomic E-state index is -1.19. The first-order valence-electron chi connectivity index (χ1n) is 8.60. The summed E-state index contributed by atoms with van der Waals surface area (Å²) >= 11 is 0. The lowest BCUT2D eigenvalue weighted by atomic mass is 9.74. The molecule has 124 valence electrons. The van der Waals surface area contributed by atoms with Crippen molar-refractivity contribution in [1.29, 1.82) is 0 Å². The Kier molecular flexibility index (Phi) is 3.98. The Balaban J connectivity index is 1.90. The summed E-state index contributed by atoms with van der Waals surface area (Å²) in [4.78, 5) is 13.0. The molecule has 2 heteroatoms. The van der Waals surface area contributed by atoms with E-state index in [-0.39, 0.29) is 24.0 Å². The molecule has 1 aliphatic carbocycles. The molecule has 0 heterocycles. The largest absolute Gasteiger partial charge is 0.384 e. The molecule has 1 saturated carbocycles. The maximum absolute atomic E-state index is 13.0. The van der Waals surface area contributed by atoms with Crippen LogP contribution in [0.4, 0.5) is 0 Å².